The molecule has 0 bridgehead atoms. The minimum atomic E-state index is -0.664. The van der Waals surface area contributed by atoms with E-state index in [1.807, 2.05) is 0 Å². The number of methoxy groups -OCH3 is 1. The second-order valence-corrected chi connectivity index (χ2v) is 6.88. The summed E-state index contributed by atoms with van der Waals surface area (Å²) in [6.07, 6.45) is 5.01. The number of nitrogens with zero attached hydrogens (tertiary/aromatic N) is 5. The molecule has 1 unspecified atom stereocenters. The Morgan fingerprint density at radius 3 is 2.88 bits per heavy atom. The number of hydrogen-bond acceptors (Lipinski definition) is 7. The third-order valence-corrected chi connectivity index (χ3v) is 4.91. The number of ether oxygens (including phenoxy) is 2. The molecule has 1 aliphatic heterocycles. The van der Waals surface area contributed by atoms with Gasteiger partial charge in [0.1, 0.15) is 12.4 Å². The fraction of sp³-hybridized carbons (Fsp3) is 0.750. The highest BCUT2D eigenvalue weighted by atomic mass is 16.5. The average Bonchev–Trinajstić information content (AvgIpc) is 3.29. The lowest BCUT2D eigenvalue weighted by Crippen LogP contribution is -2.39. The van der Waals surface area contributed by atoms with E-state index in [0.717, 1.165) is 37.9 Å². The monoisotopic (exact) mass is 349 g/mol. The van der Waals surface area contributed by atoms with E-state index in [1.54, 1.807) is 18.7 Å². The summed E-state index contributed by atoms with van der Waals surface area (Å²) in [6.45, 7) is 1.19. The second-order valence-electron chi connectivity index (χ2n) is 6.88. The van der Waals surface area contributed by atoms with Crippen LogP contribution >= 0.6 is 0 Å². The van der Waals surface area contributed by atoms with E-state index in [4.69, 9.17) is 14.0 Å². The SMILES string of the molecule is COCC1(c2noc(Cn3nc(C4CC4)n(C)c3=O)n2)CCCCO1. The standard InChI is InChI=1S/C16H23N5O4/c1-20-13(11-5-6-11)18-21(15(20)22)9-12-17-14(19-25-12)16(10-23-2)7-3-4-8-24-16/h11H,3-10H2,1-2H3. The van der Waals surface area contributed by atoms with Gasteiger partial charge in [0.2, 0.25) is 11.7 Å². The Morgan fingerprint density at radius 1 is 1.36 bits per heavy atom. The molecule has 9 nitrogen and oxygen atoms in total. The zero-order valence-electron chi connectivity index (χ0n) is 14.6. The predicted octanol–water partition coefficient (Wildman–Crippen LogP) is 0.933. The Kier molecular flexibility index (Phi) is 4.20. The van der Waals surface area contributed by atoms with Gasteiger partial charge >= 0.3 is 5.69 Å². The van der Waals surface area contributed by atoms with Crippen LogP contribution in [-0.2, 0) is 28.7 Å². The van der Waals surface area contributed by atoms with Crippen molar-refractivity contribution < 1.29 is 14.0 Å². The van der Waals surface area contributed by atoms with Gasteiger partial charge in [0.15, 0.2) is 5.60 Å². The maximum atomic E-state index is 12.3. The zero-order valence-corrected chi connectivity index (χ0v) is 14.6. The van der Waals surface area contributed by atoms with Crippen LogP contribution in [0, 0.1) is 0 Å². The third-order valence-electron chi connectivity index (χ3n) is 4.91. The van der Waals surface area contributed by atoms with Gasteiger partial charge < -0.3 is 14.0 Å². The molecule has 1 saturated heterocycles. The quantitative estimate of drug-likeness (QED) is 0.765. The molecule has 2 aromatic rings. The molecule has 1 atom stereocenters. The summed E-state index contributed by atoms with van der Waals surface area (Å²) in [4.78, 5) is 16.8. The van der Waals surface area contributed by atoms with Gasteiger partial charge in [-0.15, -0.1) is 0 Å². The summed E-state index contributed by atoms with van der Waals surface area (Å²) >= 11 is 0. The molecule has 0 amide bonds. The molecule has 1 saturated carbocycles. The molecule has 1 aliphatic carbocycles. The van der Waals surface area contributed by atoms with E-state index in [-0.39, 0.29) is 12.2 Å². The van der Waals surface area contributed by atoms with Crippen LogP contribution in [0.1, 0.15) is 55.6 Å². The minimum absolute atomic E-state index is 0.162. The van der Waals surface area contributed by atoms with Crippen LogP contribution in [0.15, 0.2) is 9.32 Å². The first kappa shape index (κ1) is 16.5. The van der Waals surface area contributed by atoms with E-state index < -0.39 is 5.60 Å². The fourth-order valence-corrected chi connectivity index (χ4v) is 3.38. The van der Waals surface area contributed by atoms with Crippen molar-refractivity contribution in [2.24, 2.45) is 7.05 Å². The van der Waals surface area contributed by atoms with Crippen LogP contribution in [0.25, 0.3) is 0 Å². The van der Waals surface area contributed by atoms with Crippen molar-refractivity contribution in [2.45, 2.75) is 50.2 Å². The number of aromatic nitrogens is 5. The normalized spacial score (nSPS) is 23.9. The van der Waals surface area contributed by atoms with Gasteiger partial charge in [-0.1, -0.05) is 5.16 Å². The molecule has 2 aromatic heterocycles. The number of hydrogen-bond donors (Lipinski definition) is 0. The molecule has 0 N–H and O–H groups in total. The Morgan fingerprint density at radius 2 is 2.20 bits per heavy atom. The van der Waals surface area contributed by atoms with Crippen molar-refractivity contribution in [3.05, 3.63) is 28.0 Å². The molecule has 0 radical (unpaired) electrons. The fourth-order valence-electron chi connectivity index (χ4n) is 3.38. The van der Waals surface area contributed by atoms with Crippen LogP contribution in [0.5, 0.6) is 0 Å². The average molecular weight is 349 g/mol. The topological polar surface area (TPSA) is 97.2 Å². The van der Waals surface area contributed by atoms with Gasteiger partial charge in [-0.2, -0.15) is 10.1 Å². The smallest absolute Gasteiger partial charge is 0.346 e. The molecule has 25 heavy (non-hydrogen) atoms. The molecule has 2 fully saturated rings. The summed E-state index contributed by atoms with van der Waals surface area (Å²) in [5.41, 5.74) is -0.828. The van der Waals surface area contributed by atoms with E-state index in [9.17, 15) is 4.79 Å². The molecule has 9 heteroatoms. The molecule has 0 spiro atoms. The third kappa shape index (κ3) is 3.02. The first-order chi connectivity index (χ1) is 12.1. The lowest BCUT2D eigenvalue weighted by atomic mass is 9.94. The van der Waals surface area contributed by atoms with E-state index in [2.05, 4.69) is 15.2 Å². The van der Waals surface area contributed by atoms with Gasteiger partial charge in [-0.25, -0.2) is 9.48 Å². The van der Waals surface area contributed by atoms with E-state index in [0.29, 0.717) is 30.8 Å². The first-order valence-electron chi connectivity index (χ1n) is 8.73. The second kappa shape index (κ2) is 6.38. The lowest BCUT2D eigenvalue weighted by Gasteiger charge is -2.33. The molecular weight excluding hydrogens is 326 g/mol. The maximum absolute atomic E-state index is 12.3. The summed E-state index contributed by atoms with van der Waals surface area (Å²) < 4.78 is 19.6. The molecule has 136 valence electrons. The van der Waals surface area contributed by atoms with Crippen LogP contribution in [0.3, 0.4) is 0 Å². The summed E-state index contributed by atoms with van der Waals surface area (Å²) in [5.74, 6) is 2.06. The Hall–Kier alpha value is -2.00. The highest BCUT2D eigenvalue weighted by molar-refractivity contribution is 5.06. The Bertz CT molecular complexity index is 792. The van der Waals surface area contributed by atoms with E-state index >= 15 is 0 Å². The summed E-state index contributed by atoms with van der Waals surface area (Å²) in [5, 5.41) is 8.52. The van der Waals surface area contributed by atoms with Gasteiger partial charge in [0.25, 0.3) is 0 Å². The lowest BCUT2D eigenvalue weighted by molar-refractivity contribution is -0.127. The van der Waals surface area contributed by atoms with E-state index in [1.165, 1.54) is 4.68 Å². The molecule has 3 heterocycles. The van der Waals surface area contributed by atoms with Crippen LogP contribution < -0.4 is 5.69 Å². The van der Waals surface area contributed by atoms with Crippen LogP contribution in [0.2, 0.25) is 0 Å². The van der Waals surface area contributed by atoms with Crippen molar-refractivity contribution in [3.63, 3.8) is 0 Å². The minimum Gasteiger partial charge on any atom is -0.381 e. The maximum Gasteiger partial charge on any atom is 0.346 e. The predicted molar refractivity (Wildman–Crippen MR) is 86.2 cm³/mol. The summed E-state index contributed by atoms with van der Waals surface area (Å²) in [6, 6.07) is 0. The Labute approximate surface area is 144 Å². The molecule has 2 aliphatic rings. The van der Waals surface area contributed by atoms with Crippen LogP contribution in [-0.4, -0.2) is 44.8 Å². The molecular formula is C16H23N5O4. The van der Waals surface area contributed by atoms with Crippen molar-refractivity contribution in [3.8, 4) is 0 Å². The van der Waals surface area contributed by atoms with Crippen molar-refractivity contribution in [1.82, 2.24) is 24.5 Å². The molecule has 4 rings (SSSR count). The van der Waals surface area contributed by atoms with Gasteiger partial charge in [0, 0.05) is 26.7 Å². The first-order valence-corrected chi connectivity index (χ1v) is 8.73. The van der Waals surface area contributed by atoms with Gasteiger partial charge in [0.05, 0.1) is 6.61 Å². The summed E-state index contributed by atoms with van der Waals surface area (Å²) in [7, 11) is 3.38. The highest BCUT2D eigenvalue weighted by Gasteiger charge is 2.40. The zero-order chi connectivity index (χ0) is 17.4. The number of rotatable bonds is 6. The van der Waals surface area contributed by atoms with Crippen molar-refractivity contribution in [1.29, 1.82) is 0 Å². The van der Waals surface area contributed by atoms with Gasteiger partial charge in [-0.3, -0.25) is 4.57 Å². The van der Waals surface area contributed by atoms with Crippen molar-refractivity contribution >= 4 is 0 Å². The highest BCUT2D eigenvalue weighted by Crippen LogP contribution is 2.38. The largest absolute Gasteiger partial charge is 0.381 e. The Balaban J connectivity index is 1.57. The van der Waals surface area contributed by atoms with Crippen LogP contribution in [0.4, 0.5) is 0 Å². The van der Waals surface area contributed by atoms with Crippen molar-refractivity contribution in [2.75, 3.05) is 20.3 Å². The van der Waals surface area contributed by atoms with Gasteiger partial charge in [-0.05, 0) is 32.1 Å². The molecule has 0 aromatic carbocycles.